The van der Waals surface area contributed by atoms with Gasteiger partial charge in [0.05, 0.1) is 18.8 Å². The van der Waals surface area contributed by atoms with Gasteiger partial charge in [-0.2, -0.15) is 0 Å². The van der Waals surface area contributed by atoms with E-state index in [0.717, 1.165) is 5.39 Å². The summed E-state index contributed by atoms with van der Waals surface area (Å²) in [5.74, 6) is 0.115. The first-order valence-electron chi connectivity index (χ1n) is 6.36. The fourth-order valence-electron chi connectivity index (χ4n) is 1.93. The molecule has 0 aromatic heterocycles. The number of ether oxygens (including phenoxy) is 1. The van der Waals surface area contributed by atoms with Crippen LogP contribution in [0.5, 0.6) is 5.75 Å². The summed E-state index contributed by atoms with van der Waals surface area (Å²) in [6.07, 6.45) is 0. The van der Waals surface area contributed by atoms with E-state index in [1.807, 2.05) is 24.3 Å². The predicted octanol–water partition coefficient (Wildman–Crippen LogP) is 2.53. The van der Waals surface area contributed by atoms with E-state index in [4.69, 9.17) is 16.3 Å². The minimum atomic E-state index is -0.317. The third kappa shape index (κ3) is 3.40. The number of phenols is 1. The van der Waals surface area contributed by atoms with Crippen LogP contribution in [0.3, 0.4) is 0 Å². The summed E-state index contributed by atoms with van der Waals surface area (Å²) in [6.45, 7) is 1.23. The number of nitrogens with one attached hydrogen (secondary N) is 1. The number of rotatable bonds is 6. The molecule has 2 aromatic carbocycles. The van der Waals surface area contributed by atoms with Crippen molar-refractivity contribution in [2.45, 2.75) is 0 Å². The number of hydrogen-bond donors (Lipinski definition) is 2. The van der Waals surface area contributed by atoms with Crippen LogP contribution < -0.4 is 5.32 Å². The van der Waals surface area contributed by atoms with E-state index in [-0.39, 0.29) is 17.2 Å². The Hall–Kier alpha value is -1.78. The van der Waals surface area contributed by atoms with Crippen LogP contribution in [0, 0.1) is 0 Å². The molecule has 1 amide bonds. The molecule has 0 spiro atoms. The molecular formula is C15H16ClNO3. The van der Waals surface area contributed by atoms with E-state index in [0.29, 0.717) is 31.0 Å². The van der Waals surface area contributed by atoms with Gasteiger partial charge in [0.1, 0.15) is 5.75 Å². The quantitative estimate of drug-likeness (QED) is 0.635. The fourth-order valence-corrected chi connectivity index (χ4v) is 2.04. The second kappa shape index (κ2) is 7.12. The van der Waals surface area contributed by atoms with Crippen LogP contribution >= 0.6 is 11.6 Å². The molecule has 0 saturated carbocycles. The third-order valence-corrected chi connectivity index (χ3v) is 3.05. The number of phenolic OH excluding ortho intramolecular Hbond substituents is 1. The molecule has 5 heteroatoms. The first kappa shape index (κ1) is 14.6. The van der Waals surface area contributed by atoms with E-state index >= 15 is 0 Å². The number of carbonyl (C=O) groups is 1. The number of aromatic hydroxyl groups is 1. The van der Waals surface area contributed by atoms with Crippen LogP contribution in [-0.2, 0) is 4.74 Å². The summed E-state index contributed by atoms with van der Waals surface area (Å²) in [4.78, 5) is 12.0. The van der Waals surface area contributed by atoms with Crippen molar-refractivity contribution in [3.05, 3.63) is 42.0 Å². The Labute approximate surface area is 122 Å². The molecule has 4 nitrogen and oxygen atoms in total. The Morgan fingerprint density at radius 1 is 1.20 bits per heavy atom. The second-order valence-corrected chi connectivity index (χ2v) is 4.62. The Balaban J connectivity index is 2.05. The van der Waals surface area contributed by atoms with Gasteiger partial charge in [-0.25, -0.2) is 0 Å². The number of benzene rings is 2. The maximum Gasteiger partial charge on any atom is 0.255 e. The molecule has 0 heterocycles. The molecule has 0 aliphatic heterocycles. The van der Waals surface area contributed by atoms with E-state index in [2.05, 4.69) is 5.32 Å². The summed E-state index contributed by atoms with van der Waals surface area (Å²) in [6, 6.07) is 10.8. The molecule has 0 saturated heterocycles. The van der Waals surface area contributed by atoms with Crippen LogP contribution in [0.4, 0.5) is 0 Å². The number of hydrogen-bond acceptors (Lipinski definition) is 3. The molecule has 0 atom stereocenters. The summed E-state index contributed by atoms with van der Waals surface area (Å²) in [7, 11) is 0. The normalized spacial score (nSPS) is 10.7. The van der Waals surface area contributed by atoms with Gasteiger partial charge in [0.15, 0.2) is 0 Å². The number of halogens is 1. The second-order valence-electron chi connectivity index (χ2n) is 4.24. The molecule has 2 aromatic rings. The molecule has 0 aliphatic carbocycles. The summed E-state index contributed by atoms with van der Waals surface area (Å²) in [5.41, 5.74) is 0.265. The van der Waals surface area contributed by atoms with Crippen molar-refractivity contribution in [1.29, 1.82) is 0 Å². The lowest BCUT2D eigenvalue weighted by molar-refractivity contribution is 0.0921. The predicted molar refractivity (Wildman–Crippen MR) is 79.5 cm³/mol. The minimum absolute atomic E-state index is 0.00211. The highest BCUT2D eigenvalue weighted by Crippen LogP contribution is 2.28. The molecular weight excluding hydrogens is 278 g/mol. The zero-order chi connectivity index (χ0) is 14.4. The maximum atomic E-state index is 12.0. The minimum Gasteiger partial charge on any atom is -0.506 e. The van der Waals surface area contributed by atoms with Crippen LogP contribution in [0.1, 0.15) is 10.4 Å². The number of alkyl halides is 1. The van der Waals surface area contributed by atoms with Gasteiger partial charge in [-0.15, -0.1) is 11.6 Å². The molecule has 20 heavy (non-hydrogen) atoms. The average molecular weight is 294 g/mol. The van der Waals surface area contributed by atoms with Gasteiger partial charge >= 0.3 is 0 Å². The van der Waals surface area contributed by atoms with Crippen LogP contribution in [0.2, 0.25) is 0 Å². The van der Waals surface area contributed by atoms with Crippen molar-refractivity contribution >= 4 is 28.3 Å². The Kier molecular flexibility index (Phi) is 5.21. The van der Waals surface area contributed by atoms with Gasteiger partial charge in [-0.3, -0.25) is 4.79 Å². The first-order valence-corrected chi connectivity index (χ1v) is 6.90. The maximum absolute atomic E-state index is 12.0. The number of carbonyl (C=O) groups excluding carboxylic acids is 1. The summed E-state index contributed by atoms with van der Waals surface area (Å²) < 4.78 is 5.16. The monoisotopic (exact) mass is 293 g/mol. The Morgan fingerprint density at radius 3 is 2.80 bits per heavy atom. The lowest BCUT2D eigenvalue weighted by atomic mass is 10.0. The fraction of sp³-hybridized carbons (Fsp3) is 0.267. The lowest BCUT2D eigenvalue weighted by Gasteiger charge is -2.09. The summed E-state index contributed by atoms with van der Waals surface area (Å²) >= 11 is 5.47. The van der Waals surface area contributed by atoms with Crippen molar-refractivity contribution in [2.24, 2.45) is 0 Å². The molecule has 106 valence electrons. The third-order valence-electron chi connectivity index (χ3n) is 2.90. The van der Waals surface area contributed by atoms with E-state index in [9.17, 15) is 9.90 Å². The molecule has 0 fully saturated rings. The van der Waals surface area contributed by atoms with Crippen LogP contribution in [-0.4, -0.2) is 36.7 Å². The molecule has 0 unspecified atom stereocenters. The highest BCUT2D eigenvalue weighted by molar-refractivity contribution is 6.17. The highest BCUT2D eigenvalue weighted by atomic mass is 35.5. The van der Waals surface area contributed by atoms with E-state index in [1.54, 1.807) is 12.1 Å². The van der Waals surface area contributed by atoms with Crippen molar-refractivity contribution in [1.82, 2.24) is 5.32 Å². The van der Waals surface area contributed by atoms with Gasteiger partial charge < -0.3 is 15.2 Å². The summed E-state index contributed by atoms with van der Waals surface area (Å²) in [5, 5.41) is 14.4. The number of amides is 1. The van der Waals surface area contributed by atoms with Crippen molar-refractivity contribution in [2.75, 3.05) is 25.6 Å². The van der Waals surface area contributed by atoms with Crippen molar-refractivity contribution < 1.29 is 14.6 Å². The van der Waals surface area contributed by atoms with Crippen LogP contribution in [0.15, 0.2) is 36.4 Å². The lowest BCUT2D eigenvalue weighted by Crippen LogP contribution is -2.27. The van der Waals surface area contributed by atoms with Gasteiger partial charge in [0.2, 0.25) is 0 Å². The SMILES string of the molecule is O=C(NCCOCCCl)c1ccc2ccccc2c1O. The van der Waals surface area contributed by atoms with Gasteiger partial charge in [0, 0.05) is 17.8 Å². The van der Waals surface area contributed by atoms with Crippen molar-refractivity contribution in [3.8, 4) is 5.75 Å². The van der Waals surface area contributed by atoms with Crippen LogP contribution in [0.25, 0.3) is 10.8 Å². The van der Waals surface area contributed by atoms with Gasteiger partial charge in [0.25, 0.3) is 5.91 Å². The molecule has 0 bridgehead atoms. The first-order chi connectivity index (χ1) is 9.74. The molecule has 2 rings (SSSR count). The van der Waals surface area contributed by atoms with Crippen molar-refractivity contribution in [3.63, 3.8) is 0 Å². The Bertz CT molecular complexity index is 601. The smallest absolute Gasteiger partial charge is 0.255 e. The number of fused-ring (bicyclic) bond motifs is 1. The van der Waals surface area contributed by atoms with Gasteiger partial charge in [-0.1, -0.05) is 30.3 Å². The van der Waals surface area contributed by atoms with E-state index in [1.165, 1.54) is 0 Å². The zero-order valence-corrected chi connectivity index (χ0v) is 11.7. The average Bonchev–Trinajstić information content (AvgIpc) is 2.47. The van der Waals surface area contributed by atoms with E-state index < -0.39 is 0 Å². The molecule has 0 radical (unpaired) electrons. The Morgan fingerprint density at radius 2 is 2.00 bits per heavy atom. The van der Waals surface area contributed by atoms with Gasteiger partial charge in [-0.05, 0) is 11.5 Å². The largest absolute Gasteiger partial charge is 0.506 e. The standard InChI is InChI=1S/C15H16ClNO3/c16-7-9-20-10-8-17-15(19)13-6-5-11-3-1-2-4-12(11)14(13)18/h1-6,18H,7-10H2,(H,17,19). The molecule has 2 N–H and O–H groups in total. The topological polar surface area (TPSA) is 58.6 Å². The highest BCUT2D eigenvalue weighted by Gasteiger charge is 2.12. The molecule has 0 aliphatic rings. The zero-order valence-electron chi connectivity index (χ0n) is 10.9.